The fourth-order valence-corrected chi connectivity index (χ4v) is 3.59. The number of nitrogens with zero attached hydrogens (tertiary/aromatic N) is 2. The minimum absolute atomic E-state index is 0.0590. The van der Waals surface area contributed by atoms with Crippen LogP contribution in [0.3, 0.4) is 0 Å². The molecule has 5 nitrogen and oxygen atoms in total. The molecule has 0 saturated carbocycles. The molecule has 0 spiro atoms. The summed E-state index contributed by atoms with van der Waals surface area (Å²) in [6, 6.07) is 11.1. The first-order valence-electron chi connectivity index (χ1n) is 8.37. The Morgan fingerprint density at radius 3 is 2.81 bits per heavy atom. The van der Waals surface area contributed by atoms with E-state index < -0.39 is 5.82 Å². The summed E-state index contributed by atoms with van der Waals surface area (Å²) in [6.07, 6.45) is 0.772. The van der Waals surface area contributed by atoms with Crippen LogP contribution in [0.5, 0.6) is 0 Å². The lowest BCUT2D eigenvalue weighted by Gasteiger charge is -2.12. The number of carbonyl (C=O) groups is 1. The highest BCUT2D eigenvalue weighted by atomic mass is 35.5. The molecule has 1 N–H and O–H groups in total. The highest BCUT2D eigenvalue weighted by Gasteiger charge is 2.13. The zero-order chi connectivity index (χ0) is 19.4. The Balaban J connectivity index is 1.79. The Labute approximate surface area is 164 Å². The lowest BCUT2D eigenvalue weighted by Crippen LogP contribution is -2.24. The van der Waals surface area contributed by atoms with E-state index in [0.717, 1.165) is 6.42 Å². The summed E-state index contributed by atoms with van der Waals surface area (Å²) in [6.45, 7) is 2.50. The van der Waals surface area contributed by atoms with Crippen LogP contribution >= 0.6 is 23.4 Å². The predicted molar refractivity (Wildman–Crippen MR) is 107 cm³/mol. The standard InChI is InChI=1S/C19H17ClFN3O2S/c1-2-9-24-18(26)13-5-3-4-6-16(13)23-19(24)27-11-17(25)22-12-7-8-15(21)14(20)10-12/h3-8,10H,2,9,11H2,1H3,(H,22,25). The van der Waals surface area contributed by atoms with E-state index in [4.69, 9.17) is 11.6 Å². The highest BCUT2D eigenvalue weighted by Crippen LogP contribution is 2.21. The number of hydrogen-bond acceptors (Lipinski definition) is 4. The van der Waals surface area contributed by atoms with E-state index in [9.17, 15) is 14.0 Å². The maximum absolute atomic E-state index is 13.2. The number of anilines is 1. The van der Waals surface area contributed by atoms with Crippen molar-refractivity contribution in [2.24, 2.45) is 0 Å². The van der Waals surface area contributed by atoms with Crippen molar-refractivity contribution in [3.8, 4) is 0 Å². The SMILES string of the molecule is CCCn1c(SCC(=O)Nc2ccc(F)c(Cl)c2)nc2ccccc2c1=O. The molecule has 0 aliphatic rings. The van der Waals surface area contributed by atoms with Crippen LogP contribution in [-0.2, 0) is 11.3 Å². The van der Waals surface area contributed by atoms with Crippen LogP contribution in [0.15, 0.2) is 52.4 Å². The van der Waals surface area contributed by atoms with Gasteiger partial charge in [-0.25, -0.2) is 9.37 Å². The van der Waals surface area contributed by atoms with Gasteiger partial charge in [0.2, 0.25) is 5.91 Å². The van der Waals surface area contributed by atoms with Crippen molar-refractivity contribution in [2.45, 2.75) is 25.0 Å². The maximum Gasteiger partial charge on any atom is 0.262 e. The average Bonchev–Trinajstić information content (AvgIpc) is 2.66. The topological polar surface area (TPSA) is 64.0 Å². The van der Waals surface area contributed by atoms with Crippen LogP contribution in [0.25, 0.3) is 10.9 Å². The number of thioether (sulfide) groups is 1. The summed E-state index contributed by atoms with van der Waals surface area (Å²) in [4.78, 5) is 29.5. The van der Waals surface area contributed by atoms with E-state index in [2.05, 4.69) is 10.3 Å². The van der Waals surface area contributed by atoms with E-state index >= 15 is 0 Å². The van der Waals surface area contributed by atoms with Crippen LogP contribution in [-0.4, -0.2) is 21.2 Å². The summed E-state index contributed by atoms with van der Waals surface area (Å²) in [5.74, 6) is -0.787. The van der Waals surface area contributed by atoms with Crippen molar-refractivity contribution >= 4 is 45.9 Å². The second-order valence-corrected chi connectivity index (χ2v) is 7.18. The molecular weight excluding hydrogens is 389 g/mol. The molecule has 140 valence electrons. The third-order valence-corrected chi connectivity index (χ3v) is 5.08. The molecule has 2 aromatic carbocycles. The van der Waals surface area contributed by atoms with Crippen LogP contribution in [0.2, 0.25) is 5.02 Å². The largest absolute Gasteiger partial charge is 0.325 e. The minimum Gasteiger partial charge on any atom is -0.325 e. The first kappa shape index (κ1) is 19.4. The number of hydrogen-bond donors (Lipinski definition) is 1. The maximum atomic E-state index is 13.2. The summed E-state index contributed by atoms with van der Waals surface area (Å²) < 4.78 is 14.8. The molecule has 0 fully saturated rings. The number of carbonyl (C=O) groups excluding carboxylic acids is 1. The third kappa shape index (κ3) is 4.48. The smallest absolute Gasteiger partial charge is 0.262 e. The monoisotopic (exact) mass is 405 g/mol. The third-order valence-electron chi connectivity index (χ3n) is 3.81. The van der Waals surface area contributed by atoms with Gasteiger partial charge in [0.1, 0.15) is 5.82 Å². The molecule has 0 atom stereocenters. The predicted octanol–water partition coefficient (Wildman–Crippen LogP) is 4.33. The number of benzene rings is 2. The lowest BCUT2D eigenvalue weighted by atomic mass is 10.2. The van der Waals surface area contributed by atoms with Crippen LogP contribution in [0.1, 0.15) is 13.3 Å². The van der Waals surface area contributed by atoms with Crippen molar-refractivity contribution in [3.05, 3.63) is 63.7 Å². The summed E-state index contributed by atoms with van der Waals surface area (Å²) in [7, 11) is 0. The summed E-state index contributed by atoms with van der Waals surface area (Å²) in [5, 5.41) is 3.65. The van der Waals surface area contributed by atoms with Gasteiger partial charge in [0.15, 0.2) is 5.16 Å². The molecule has 3 rings (SSSR count). The molecule has 1 amide bonds. The van der Waals surface area contributed by atoms with Gasteiger partial charge in [-0.1, -0.05) is 42.4 Å². The fraction of sp³-hybridized carbons (Fsp3) is 0.211. The van der Waals surface area contributed by atoms with Crippen molar-refractivity contribution < 1.29 is 9.18 Å². The van der Waals surface area contributed by atoms with Gasteiger partial charge in [-0.2, -0.15) is 0 Å². The fourth-order valence-electron chi connectivity index (χ4n) is 2.58. The van der Waals surface area contributed by atoms with Crippen molar-refractivity contribution in [2.75, 3.05) is 11.1 Å². The Bertz CT molecular complexity index is 1050. The molecule has 27 heavy (non-hydrogen) atoms. The number of aromatic nitrogens is 2. The highest BCUT2D eigenvalue weighted by molar-refractivity contribution is 7.99. The van der Waals surface area contributed by atoms with Gasteiger partial charge in [0.05, 0.1) is 21.7 Å². The van der Waals surface area contributed by atoms with Gasteiger partial charge in [-0.05, 0) is 36.8 Å². The Morgan fingerprint density at radius 2 is 2.07 bits per heavy atom. The molecule has 0 saturated heterocycles. The minimum atomic E-state index is -0.548. The van der Waals surface area contributed by atoms with Crippen molar-refractivity contribution in [1.82, 2.24) is 9.55 Å². The van der Waals surface area contributed by atoms with Crippen LogP contribution < -0.4 is 10.9 Å². The van der Waals surface area contributed by atoms with E-state index in [0.29, 0.717) is 28.3 Å². The zero-order valence-corrected chi connectivity index (χ0v) is 16.1. The normalized spacial score (nSPS) is 10.9. The van der Waals surface area contributed by atoms with E-state index in [-0.39, 0.29) is 22.2 Å². The molecule has 1 aromatic heterocycles. The van der Waals surface area contributed by atoms with E-state index in [1.165, 1.54) is 30.0 Å². The molecule has 8 heteroatoms. The molecule has 0 radical (unpaired) electrons. The van der Waals surface area contributed by atoms with Gasteiger partial charge in [-0.15, -0.1) is 0 Å². The second-order valence-electron chi connectivity index (χ2n) is 5.83. The number of para-hydroxylation sites is 1. The van der Waals surface area contributed by atoms with Gasteiger partial charge in [0.25, 0.3) is 5.56 Å². The molecule has 3 aromatic rings. The lowest BCUT2D eigenvalue weighted by molar-refractivity contribution is -0.113. The number of amides is 1. The number of halogens is 2. The average molecular weight is 406 g/mol. The Morgan fingerprint density at radius 1 is 1.30 bits per heavy atom. The van der Waals surface area contributed by atoms with E-state index in [1.807, 2.05) is 13.0 Å². The molecular formula is C19H17ClFN3O2S. The molecule has 0 unspecified atom stereocenters. The van der Waals surface area contributed by atoms with Gasteiger partial charge < -0.3 is 5.32 Å². The van der Waals surface area contributed by atoms with E-state index in [1.54, 1.807) is 22.8 Å². The number of nitrogens with one attached hydrogen (secondary N) is 1. The molecule has 0 aliphatic carbocycles. The first-order chi connectivity index (χ1) is 13.0. The van der Waals surface area contributed by atoms with Crippen LogP contribution in [0, 0.1) is 5.82 Å². The molecule has 0 bridgehead atoms. The number of fused-ring (bicyclic) bond motifs is 1. The van der Waals surface area contributed by atoms with Crippen LogP contribution in [0.4, 0.5) is 10.1 Å². The molecule has 0 aliphatic heterocycles. The van der Waals surface area contributed by atoms with Crippen molar-refractivity contribution in [3.63, 3.8) is 0 Å². The second kappa shape index (κ2) is 8.54. The Hall–Kier alpha value is -2.38. The Kier molecular flexibility index (Phi) is 6.13. The quantitative estimate of drug-likeness (QED) is 0.489. The summed E-state index contributed by atoms with van der Waals surface area (Å²) >= 11 is 6.90. The van der Waals surface area contributed by atoms with Crippen molar-refractivity contribution in [1.29, 1.82) is 0 Å². The summed E-state index contributed by atoms with van der Waals surface area (Å²) in [5.41, 5.74) is 0.892. The van der Waals surface area contributed by atoms with Gasteiger partial charge in [-0.3, -0.25) is 14.2 Å². The van der Waals surface area contributed by atoms with Gasteiger partial charge in [0, 0.05) is 12.2 Å². The molecule has 1 heterocycles. The zero-order valence-electron chi connectivity index (χ0n) is 14.5. The van der Waals surface area contributed by atoms with Gasteiger partial charge >= 0.3 is 0 Å². The number of rotatable bonds is 6. The first-order valence-corrected chi connectivity index (χ1v) is 9.73.